The lowest BCUT2D eigenvalue weighted by atomic mass is 9.74. The van der Waals surface area contributed by atoms with Crippen LogP contribution in [0, 0.1) is 29.1 Å². The fraction of sp³-hybridized carbons (Fsp3) is 0.787. The summed E-state index contributed by atoms with van der Waals surface area (Å²) in [4.78, 5) is 15.6. The molecule has 2 aromatic rings. The third kappa shape index (κ3) is 12.4. The molecule has 66 heavy (non-hydrogen) atoms. The highest BCUT2D eigenvalue weighted by molar-refractivity contribution is 7.93. The molecular formula is C47H79FN6O11S. The molecule has 19 heteroatoms. The minimum atomic E-state index is -3.54. The van der Waals surface area contributed by atoms with Gasteiger partial charge < -0.3 is 49.3 Å². The molecular weight excluding hydrogens is 876 g/mol. The molecule has 2 saturated heterocycles. The predicted molar refractivity (Wildman–Crippen MR) is 249 cm³/mol. The fourth-order valence-corrected chi connectivity index (χ4v) is 10.8. The van der Waals surface area contributed by atoms with Crippen LogP contribution in [-0.4, -0.2) is 156 Å². The maximum Gasteiger partial charge on any atom is 0.309 e. The molecule has 0 aliphatic carbocycles. The quantitative estimate of drug-likeness (QED) is 0.158. The monoisotopic (exact) mass is 955 g/mol. The van der Waals surface area contributed by atoms with Crippen LogP contribution in [0.4, 0.5) is 10.1 Å². The molecule has 0 unspecified atom stereocenters. The van der Waals surface area contributed by atoms with Crippen LogP contribution in [0.25, 0.3) is 0 Å². The first-order chi connectivity index (χ1) is 30.8. The predicted octanol–water partition coefficient (Wildman–Crippen LogP) is 5.27. The lowest BCUT2D eigenvalue weighted by molar-refractivity contribution is -0.298. The van der Waals surface area contributed by atoms with E-state index in [0.29, 0.717) is 42.8 Å². The maximum atomic E-state index is 14.8. The van der Waals surface area contributed by atoms with Gasteiger partial charge in [0.25, 0.3) is 0 Å². The number of aliphatic hydroxyl groups is 3. The summed E-state index contributed by atoms with van der Waals surface area (Å²) in [5, 5.41) is 52.1. The van der Waals surface area contributed by atoms with E-state index >= 15 is 0 Å². The van der Waals surface area contributed by atoms with E-state index in [1.807, 2.05) is 39.6 Å². The molecule has 0 bridgehead atoms. The number of hydrogen-bond acceptors (Lipinski definition) is 15. The summed E-state index contributed by atoms with van der Waals surface area (Å²) in [5.41, 5.74) is -0.968. The molecule has 4 N–H and O–H groups in total. The number of nitrogens with one attached hydrogen (secondary N) is 1. The first-order valence-electron chi connectivity index (χ1n) is 23.3. The maximum absolute atomic E-state index is 14.8. The van der Waals surface area contributed by atoms with Gasteiger partial charge in [-0.3, -0.25) is 9.10 Å². The summed E-state index contributed by atoms with van der Waals surface area (Å²) in [6.45, 7) is 17.1. The number of aromatic nitrogens is 3. The number of anilines is 1. The Balaban J connectivity index is 1.52. The first kappa shape index (κ1) is 55.5. The van der Waals surface area contributed by atoms with Crippen LogP contribution in [0.2, 0.25) is 0 Å². The van der Waals surface area contributed by atoms with Gasteiger partial charge in [0.15, 0.2) is 6.29 Å². The topological polar surface area (TPSA) is 219 Å². The molecule has 2 fully saturated rings. The van der Waals surface area contributed by atoms with Crippen LogP contribution in [-0.2, 0) is 44.9 Å². The van der Waals surface area contributed by atoms with Crippen molar-refractivity contribution in [1.82, 2.24) is 19.9 Å². The van der Waals surface area contributed by atoms with Crippen LogP contribution in [0.15, 0.2) is 30.5 Å². The van der Waals surface area contributed by atoms with E-state index in [1.54, 1.807) is 72.2 Å². The number of halogens is 1. The SMILES string of the molecule is CC[C@H]1OC(=O)[C@H](C)C[C@H](C)[C@@H](O[C@@H]2O[C@H](C)C[C@H](N(C)CCc3cn([C@H](CF)[C@H](OC)c4ccc(N(C)S(=O)(=O)C(C)C)cc4)nn3)[C@H]2O)[C@](C)(OC)C[C@@H](C)C(=N)[C@H](C)[C@@H](O)[C@]1(C)O. The summed E-state index contributed by atoms with van der Waals surface area (Å²) in [7, 11) is 2.89. The van der Waals surface area contributed by atoms with Gasteiger partial charge in [-0.1, -0.05) is 52.0 Å². The number of ether oxygens (including phenoxy) is 5. The molecule has 0 amide bonds. The molecule has 0 radical (unpaired) electrons. The largest absolute Gasteiger partial charge is 0.459 e. The van der Waals surface area contributed by atoms with E-state index in [2.05, 4.69) is 10.3 Å². The van der Waals surface area contributed by atoms with Crippen LogP contribution in [0.5, 0.6) is 0 Å². The lowest BCUT2D eigenvalue weighted by Gasteiger charge is -2.48. The Hall–Kier alpha value is -3.14. The Morgan fingerprint density at radius 2 is 1.68 bits per heavy atom. The number of sulfonamides is 1. The lowest BCUT2D eigenvalue weighted by Crippen LogP contribution is -2.59. The van der Waals surface area contributed by atoms with Crippen LogP contribution >= 0.6 is 0 Å². The second-order valence-corrected chi connectivity index (χ2v) is 22.1. The zero-order valence-corrected chi connectivity index (χ0v) is 42.4. The van der Waals surface area contributed by atoms with Crippen molar-refractivity contribution >= 4 is 27.4 Å². The first-order valence-corrected chi connectivity index (χ1v) is 24.8. The third-order valence-corrected chi connectivity index (χ3v) is 16.4. The fourth-order valence-electron chi connectivity index (χ4n) is 9.79. The van der Waals surface area contributed by atoms with Crippen molar-refractivity contribution in [1.29, 1.82) is 5.41 Å². The second-order valence-electron chi connectivity index (χ2n) is 19.6. The molecule has 1 aromatic carbocycles. The van der Waals surface area contributed by atoms with Gasteiger partial charge in [0.1, 0.15) is 36.6 Å². The van der Waals surface area contributed by atoms with Crippen LogP contribution in [0.3, 0.4) is 0 Å². The summed E-state index contributed by atoms with van der Waals surface area (Å²) in [6, 6.07) is 5.48. The van der Waals surface area contributed by atoms with Gasteiger partial charge in [-0.25, -0.2) is 17.5 Å². The average Bonchev–Trinajstić information content (AvgIpc) is 3.75. The molecule has 0 saturated carbocycles. The minimum Gasteiger partial charge on any atom is -0.459 e. The van der Waals surface area contributed by atoms with Crippen molar-refractivity contribution in [2.45, 2.75) is 173 Å². The highest BCUT2D eigenvalue weighted by Crippen LogP contribution is 2.39. The number of benzene rings is 1. The van der Waals surface area contributed by atoms with Crippen molar-refractivity contribution in [3.63, 3.8) is 0 Å². The average molecular weight is 955 g/mol. The Bertz CT molecular complexity index is 1990. The number of nitrogens with zero attached hydrogens (tertiary/aromatic N) is 5. The van der Waals surface area contributed by atoms with Crippen LogP contribution < -0.4 is 4.31 Å². The van der Waals surface area contributed by atoms with Gasteiger partial charge in [-0.15, -0.1) is 5.10 Å². The Kier molecular flexibility index (Phi) is 19.3. The van der Waals surface area contributed by atoms with Gasteiger partial charge in [0.2, 0.25) is 10.0 Å². The summed E-state index contributed by atoms with van der Waals surface area (Å²) in [5.74, 6) is -2.73. The highest BCUT2D eigenvalue weighted by atomic mass is 32.2. The highest BCUT2D eigenvalue weighted by Gasteiger charge is 2.50. The number of aliphatic hydroxyl groups excluding tert-OH is 2. The molecule has 15 atom stereocenters. The number of cyclic esters (lactones) is 1. The molecule has 0 spiro atoms. The molecule has 376 valence electrons. The Morgan fingerprint density at radius 3 is 2.24 bits per heavy atom. The third-order valence-electron chi connectivity index (χ3n) is 14.2. The summed E-state index contributed by atoms with van der Waals surface area (Å²) >= 11 is 0. The molecule has 4 rings (SSSR count). The van der Waals surface area contributed by atoms with E-state index in [-0.39, 0.29) is 30.6 Å². The Morgan fingerprint density at radius 1 is 1.05 bits per heavy atom. The zero-order valence-electron chi connectivity index (χ0n) is 41.5. The summed E-state index contributed by atoms with van der Waals surface area (Å²) in [6.07, 6.45) is -2.98. The molecule has 2 aliphatic rings. The van der Waals surface area contributed by atoms with Crippen molar-refractivity contribution < 1.29 is 56.6 Å². The van der Waals surface area contributed by atoms with Crippen LogP contribution in [0.1, 0.15) is 118 Å². The number of carbonyl (C=O) groups excluding carboxylic acids is 1. The smallest absolute Gasteiger partial charge is 0.309 e. The van der Waals surface area contributed by atoms with E-state index in [0.717, 1.165) is 0 Å². The number of carbonyl (C=O) groups is 1. The molecule has 17 nitrogen and oxygen atoms in total. The van der Waals surface area contributed by atoms with Gasteiger partial charge in [0, 0.05) is 58.1 Å². The van der Waals surface area contributed by atoms with E-state index in [1.165, 1.54) is 30.1 Å². The molecule has 2 aliphatic heterocycles. The number of hydrogen-bond donors (Lipinski definition) is 4. The normalized spacial score (nSPS) is 34.2. The van der Waals surface area contributed by atoms with E-state index in [9.17, 15) is 32.9 Å². The zero-order chi connectivity index (χ0) is 49.6. The summed E-state index contributed by atoms with van der Waals surface area (Å²) < 4.78 is 73.9. The standard InChI is InChI=1S/C47H79FN6O11S/c1-15-38-47(10,58)42(56)32(8)39(49)30(6)24-46(9,62-14)43(28(4)22-29(5)44(57)64-38)65-45-40(55)36(23-31(7)63-45)52(11)21-20-34-26-54(51-50-34)37(25-48)41(61-13)33-16-18-35(19-17-33)53(12)66(59,60)27(2)3/h16-19,26-32,36-38,40-43,45,49,55-56,58H,15,20-25H2,1-14H3/t28-,29+,30+,31+,32-,36-,37+,38+,40+,41+,42+,43+,45-,46+,47+/m0/s1. The van der Waals surface area contributed by atoms with Gasteiger partial charge >= 0.3 is 5.97 Å². The van der Waals surface area contributed by atoms with E-state index in [4.69, 9.17) is 29.1 Å². The minimum absolute atomic E-state index is 0.198. The van der Waals surface area contributed by atoms with Crippen molar-refractivity contribution in [2.24, 2.45) is 23.7 Å². The molecule has 3 heterocycles. The van der Waals surface area contributed by atoms with Gasteiger partial charge in [0.05, 0.1) is 46.5 Å². The van der Waals surface area contributed by atoms with Crippen molar-refractivity contribution in [3.8, 4) is 0 Å². The van der Waals surface area contributed by atoms with Crippen molar-refractivity contribution in [2.75, 3.05) is 45.8 Å². The number of alkyl halides is 1. The second kappa shape index (κ2) is 23.0. The van der Waals surface area contributed by atoms with Gasteiger partial charge in [-0.2, -0.15) is 0 Å². The number of likely N-dealkylation sites (N-methyl/N-ethyl adjacent to an activating group) is 1. The number of esters is 1. The number of rotatable bonds is 16. The Labute approximate surface area is 392 Å². The van der Waals surface area contributed by atoms with Crippen molar-refractivity contribution in [3.05, 3.63) is 41.7 Å². The molecule has 1 aromatic heterocycles. The number of methoxy groups -OCH3 is 2. The van der Waals surface area contributed by atoms with Gasteiger partial charge in [-0.05, 0) is 96.9 Å². The van der Waals surface area contributed by atoms with E-state index < -0.39 is 106 Å².